The first-order valence-electron chi connectivity index (χ1n) is 3.42. The lowest BCUT2D eigenvalue weighted by molar-refractivity contribution is 0.0696. The number of hydrogen-bond donors (Lipinski definition) is 1. The van der Waals surface area contributed by atoms with E-state index in [-0.39, 0.29) is 5.56 Å². The highest BCUT2D eigenvalue weighted by Crippen LogP contribution is 2.10. The van der Waals surface area contributed by atoms with Gasteiger partial charge in [0.1, 0.15) is 0 Å². The fourth-order valence-electron chi connectivity index (χ4n) is 0.989. The van der Waals surface area contributed by atoms with Gasteiger partial charge in [0, 0.05) is 6.20 Å². The number of hydrogen-bond acceptors (Lipinski definition) is 3. The zero-order valence-corrected chi connectivity index (χ0v) is 7.89. The Labute approximate surface area is 81.1 Å². The van der Waals surface area contributed by atoms with Crippen molar-refractivity contribution in [3.8, 4) is 0 Å². The van der Waals surface area contributed by atoms with E-state index >= 15 is 0 Å². The van der Waals surface area contributed by atoms with E-state index in [1.807, 2.05) is 0 Å². The van der Waals surface area contributed by atoms with Gasteiger partial charge in [-0.1, -0.05) is 0 Å². The predicted octanol–water partition coefficient (Wildman–Crippen LogP) is 1.19. The third-order valence-electron chi connectivity index (χ3n) is 1.61. The molecule has 66 valence electrons. The van der Waals surface area contributed by atoms with Crippen molar-refractivity contribution in [1.29, 1.82) is 0 Å². The zero-order chi connectivity index (χ0) is 9.42. The van der Waals surface area contributed by atoms with Gasteiger partial charge in [-0.15, -0.1) is 10.2 Å². The maximum atomic E-state index is 10.6. The lowest BCUT2D eigenvalue weighted by Crippen LogP contribution is -1.98. The van der Waals surface area contributed by atoms with Crippen molar-refractivity contribution >= 4 is 27.5 Å². The van der Waals surface area contributed by atoms with Crippen molar-refractivity contribution < 1.29 is 9.90 Å². The number of fused-ring (bicyclic) bond motifs is 1. The molecule has 2 aromatic heterocycles. The number of carboxylic acids is 1. The summed E-state index contributed by atoms with van der Waals surface area (Å²) in [6.45, 7) is 0. The van der Waals surface area contributed by atoms with Gasteiger partial charge in [-0.25, -0.2) is 4.79 Å². The molecule has 5 nitrogen and oxygen atoms in total. The summed E-state index contributed by atoms with van der Waals surface area (Å²) in [6, 6.07) is 3.08. The third kappa shape index (κ3) is 1.29. The minimum atomic E-state index is -0.970. The molecule has 2 heterocycles. The van der Waals surface area contributed by atoms with E-state index in [4.69, 9.17) is 5.11 Å². The van der Waals surface area contributed by atoms with E-state index in [0.717, 1.165) is 0 Å². The van der Waals surface area contributed by atoms with Crippen LogP contribution in [0, 0.1) is 0 Å². The molecule has 0 aromatic carbocycles. The van der Waals surface area contributed by atoms with E-state index < -0.39 is 5.97 Å². The Morgan fingerprint density at radius 2 is 2.23 bits per heavy atom. The van der Waals surface area contributed by atoms with Gasteiger partial charge in [-0.3, -0.25) is 4.40 Å². The Morgan fingerprint density at radius 1 is 1.46 bits per heavy atom. The summed E-state index contributed by atoms with van der Waals surface area (Å²) >= 11 is 3.15. The fourth-order valence-corrected chi connectivity index (χ4v) is 1.35. The summed E-state index contributed by atoms with van der Waals surface area (Å²) in [4.78, 5) is 10.6. The number of nitrogens with zero attached hydrogens (tertiary/aromatic N) is 3. The molecule has 2 rings (SSSR count). The number of aromatic carboxylic acids is 1. The molecular formula is C7H4BrN3O2. The molecule has 0 atom stereocenters. The Morgan fingerprint density at radius 3 is 2.92 bits per heavy atom. The Kier molecular flexibility index (Phi) is 1.77. The van der Waals surface area contributed by atoms with E-state index in [1.165, 1.54) is 12.3 Å². The van der Waals surface area contributed by atoms with E-state index in [2.05, 4.69) is 26.1 Å². The first kappa shape index (κ1) is 8.18. The maximum Gasteiger partial charge on any atom is 0.337 e. The molecule has 0 aliphatic rings. The van der Waals surface area contributed by atoms with Crippen LogP contribution in [0.1, 0.15) is 10.4 Å². The lowest BCUT2D eigenvalue weighted by atomic mass is 10.3. The maximum absolute atomic E-state index is 10.6. The van der Waals surface area contributed by atoms with Gasteiger partial charge in [0.05, 0.1) is 5.56 Å². The third-order valence-corrected chi connectivity index (χ3v) is 2.15. The summed E-state index contributed by atoms with van der Waals surface area (Å²) in [5, 5.41) is 16.2. The van der Waals surface area contributed by atoms with Crippen molar-refractivity contribution in [3.63, 3.8) is 0 Å². The molecule has 2 aromatic rings. The largest absolute Gasteiger partial charge is 0.478 e. The van der Waals surface area contributed by atoms with Crippen molar-refractivity contribution in [2.45, 2.75) is 0 Å². The van der Waals surface area contributed by atoms with Crippen LogP contribution < -0.4 is 0 Å². The van der Waals surface area contributed by atoms with Gasteiger partial charge < -0.3 is 5.11 Å². The number of aromatic nitrogens is 3. The lowest BCUT2D eigenvalue weighted by Gasteiger charge is -1.95. The molecule has 1 N–H and O–H groups in total. The van der Waals surface area contributed by atoms with Crippen molar-refractivity contribution in [2.75, 3.05) is 0 Å². The molecule has 0 aliphatic heterocycles. The first-order chi connectivity index (χ1) is 6.18. The minimum absolute atomic E-state index is 0.202. The fraction of sp³-hybridized carbons (Fsp3) is 0. The van der Waals surface area contributed by atoms with Crippen LogP contribution in [0.15, 0.2) is 23.1 Å². The van der Waals surface area contributed by atoms with Gasteiger partial charge in [0.2, 0.25) is 4.73 Å². The molecule has 0 aliphatic carbocycles. The topological polar surface area (TPSA) is 67.5 Å². The molecule has 0 unspecified atom stereocenters. The van der Waals surface area contributed by atoms with Gasteiger partial charge >= 0.3 is 5.97 Å². The summed E-state index contributed by atoms with van der Waals surface area (Å²) in [5.74, 6) is -0.970. The average Bonchev–Trinajstić information content (AvgIpc) is 2.47. The Hall–Kier alpha value is -1.43. The average molecular weight is 242 g/mol. The summed E-state index contributed by atoms with van der Waals surface area (Å²) in [6.07, 6.45) is 1.46. The number of rotatable bonds is 1. The molecular weight excluding hydrogens is 238 g/mol. The monoisotopic (exact) mass is 241 g/mol. The van der Waals surface area contributed by atoms with Crippen LogP contribution in [-0.2, 0) is 0 Å². The van der Waals surface area contributed by atoms with Crippen LogP contribution in [0.2, 0.25) is 0 Å². The molecule has 0 amide bonds. The van der Waals surface area contributed by atoms with Crippen LogP contribution in [0.4, 0.5) is 0 Å². The van der Waals surface area contributed by atoms with Crippen LogP contribution in [-0.4, -0.2) is 25.7 Å². The van der Waals surface area contributed by atoms with E-state index in [1.54, 1.807) is 10.5 Å². The van der Waals surface area contributed by atoms with E-state index in [9.17, 15) is 4.79 Å². The number of carbonyl (C=O) groups is 1. The van der Waals surface area contributed by atoms with Crippen LogP contribution in [0.5, 0.6) is 0 Å². The molecule has 0 spiro atoms. The van der Waals surface area contributed by atoms with E-state index in [0.29, 0.717) is 10.4 Å². The summed E-state index contributed by atoms with van der Waals surface area (Å²) < 4.78 is 2.05. The first-order valence-corrected chi connectivity index (χ1v) is 4.21. The zero-order valence-electron chi connectivity index (χ0n) is 6.31. The van der Waals surface area contributed by atoms with Crippen molar-refractivity contribution in [3.05, 3.63) is 28.6 Å². The van der Waals surface area contributed by atoms with Crippen LogP contribution in [0.25, 0.3) is 5.65 Å². The number of pyridine rings is 1. The SMILES string of the molecule is O=C(O)c1ccc2nnc(Br)n2c1. The molecule has 0 bridgehead atoms. The van der Waals surface area contributed by atoms with Gasteiger partial charge in [-0.2, -0.15) is 0 Å². The van der Waals surface area contributed by atoms with Gasteiger partial charge in [0.15, 0.2) is 5.65 Å². The van der Waals surface area contributed by atoms with Crippen molar-refractivity contribution in [1.82, 2.24) is 14.6 Å². The Balaban J connectivity index is 2.72. The minimum Gasteiger partial charge on any atom is -0.478 e. The second kappa shape index (κ2) is 2.81. The summed E-state index contributed by atoms with van der Waals surface area (Å²) in [7, 11) is 0. The van der Waals surface area contributed by atoms with Crippen LogP contribution >= 0.6 is 15.9 Å². The molecule has 0 saturated carbocycles. The number of carboxylic acid groups (broad SMARTS) is 1. The molecule has 0 fully saturated rings. The standard InChI is InChI=1S/C7H4BrN3O2/c8-7-10-9-5-2-1-4(6(12)13)3-11(5)7/h1-3H,(H,12,13). The highest BCUT2D eigenvalue weighted by Gasteiger charge is 2.06. The predicted molar refractivity (Wildman–Crippen MR) is 47.6 cm³/mol. The summed E-state index contributed by atoms with van der Waals surface area (Å²) in [5.41, 5.74) is 0.810. The second-order valence-electron chi connectivity index (χ2n) is 2.42. The van der Waals surface area contributed by atoms with Crippen molar-refractivity contribution in [2.24, 2.45) is 0 Å². The second-order valence-corrected chi connectivity index (χ2v) is 3.13. The molecule has 0 saturated heterocycles. The highest BCUT2D eigenvalue weighted by atomic mass is 79.9. The molecule has 13 heavy (non-hydrogen) atoms. The van der Waals surface area contributed by atoms with Crippen LogP contribution in [0.3, 0.4) is 0 Å². The Bertz CT molecular complexity index is 480. The molecule has 6 heteroatoms. The highest BCUT2D eigenvalue weighted by molar-refractivity contribution is 9.10. The van der Waals surface area contributed by atoms with Gasteiger partial charge in [0.25, 0.3) is 0 Å². The quantitative estimate of drug-likeness (QED) is 0.815. The van der Waals surface area contributed by atoms with Gasteiger partial charge in [-0.05, 0) is 28.1 Å². The normalized spacial score (nSPS) is 10.5. The number of halogens is 1. The smallest absolute Gasteiger partial charge is 0.337 e. The molecule has 0 radical (unpaired) electrons.